The molecule has 0 saturated carbocycles. The van der Waals surface area contributed by atoms with Crippen LogP contribution < -0.4 is 0 Å². The minimum absolute atomic E-state index is 0.0881. The van der Waals surface area contributed by atoms with Crippen molar-refractivity contribution >= 4 is 8.32 Å². The summed E-state index contributed by atoms with van der Waals surface area (Å²) >= 11 is 0. The number of benzene rings is 1. The van der Waals surface area contributed by atoms with Crippen molar-refractivity contribution in [2.75, 3.05) is 0 Å². The summed E-state index contributed by atoms with van der Waals surface area (Å²) in [6.45, 7) is 11.0. The Kier molecular flexibility index (Phi) is 3.99. The van der Waals surface area contributed by atoms with E-state index in [-0.39, 0.29) is 23.2 Å². The van der Waals surface area contributed by atoms with Crippen LogP contribution in [-0.2, 0) is 11.0 Å². The number of phenols is 1. The molecule has 0 heterocycles. The Labute approximate surface area is 104 Å². The second-order valence-electron chi connectivity index (χ2n) is 5.82. The van der Waals surface area contributed by atoms with Gasteiger partial charge in [0.1, 0.15) is 11.6 Å². The molecule has 0 radical (unpaired) electrons. The van der Waals surface area contributed by atoms with Crippen LogP contribution in [0.15, 0.2) is 18.2 Å². The van der Waals surface area contributed by atoms with E-state index in [4.69, 9.17) is 4.43 Å². The number of phenolic OH excluding ortho intramolecular Hbond substituents is 1. The molecule has 0 unspecified atom stereocenters. The fourth-order valence-corrected chi connectivity index (χ4v) is 2.09. The van der Waals surface area contributed by atoms with Gasteiger partial charge < -0.3 is 9.53 Å². The first-order valence-electron chi connectivity index (χ1n) is 5.75. The molecule has 1 aromatic rings. The molecule has 0 aliphatic rings. The average Bonchev–Trinajstić information content (AvgIpc) is 2.18. The SMILES string of the molecule is CC(C)(C)[Si](C)(C)OCc1cc(F)ccc1O. The Hall–Kier alpha value is -0.873. The zero-order valence-electron chi connectivity index (χ0n) is 11.2. The Morgan fingerprint density at radius 3 is 2.41 bits per heavy atom. The number of halogens is 1. The zero-order chi connectivity index (χ0) is 13.3. The minimum Gasteiger partial charge on any atom is -0.508 e. The lowest BCUT2D eigenvalue weighted by Gasteiger charge is -2.36. The molecule has 4 heteroatoms. The predicted octanol–water partition coefficient (Wildman–Crippen LogP) is 4.05. The van der Waals surface area contributed by atoms with Crippen LogP contribution in [0.5, 0.6) is 5.75 Å². The van der Waals surface area contributed by atoms with E-state index in [9.17, 15) is 9.50 Å². The standard InChI is InChI=1S/C13H21FO2Si/c1-13(2,3)17(4,5)16-9-10-8-11(14)6-7-12(10)15/h6-8,15H,9H2,1-5H3. The molecule has 0 aliphatic heterocycles. The van der Waals surface area contributed by atoms with Crippen molar-refractivity contribution < 1.29 is 13.9 Å². The van der Waals surface area contributed by atoms with Crippen LogP contribution in [0.2, 0.25) is 18.1 Å². The fourth-order valence-electron chi connectivity index (χ4n) is 1.14. The summed E-state index contributed by atoms with van der Waals surface area (Å²) in [5.41, 5.74) is 0.509. The molecule has 1 rings (SSSR count). The van der Waals surface area contributed by atoms with Crippen LogP contribution in [-0.4, -0.2) is 13.4 Å². The van der Waals surface area contributed by atoms with E-state index >= 15 is 0 Å². The Bertz CT molecular complexity index is 397. The molecule has 96 valence electrons. The second kappa shape index (κ2) is 4.78. The van der Waals surface area contributed by atoms with Crippen molar-refractivity contribution in [3.8, 4) is 5.75 Å². The van der Waals surface area contributed by atoms with Gasteiger partial charge in [0.15, 0.2) is 8.32 Å². The summed E-state index contributed by atoms with van der Waals surface area (Å²) in [7, 11) is -1.86. The largest absolute Gasteiger partial charge is 0.508 e. The highest BCUT2D eigenvalue weighted by Gasteiger charge is 2.37. The van der Waals surface area contributed by atoms with Crippen LogP contribution in [0, 0.1) is 5.82 Å². The van der Waals surface area contributed by atoms with Crippen molar-refractivity contribution in [2.45, 2.75) is 45.5 Å². The van der Waals surface area contributed by atoms with E-state index in [0.717, 1.165) is 0 Å². The monoisotopic (exact) mass is 256 g/mol. The molecule has 0 aromatic heterocycles. The normalized spacial score (nSPS) is 12.8. The van der Waals surface area contributed by atoms with Gasteiger partial charge in [-0.1, -0.05) is 20.8 Å². The van der Waals surface area contributed by atoms with Gasteiger partial charge in [0.25, 0.3) is 0 Å². The summed E-state index contributed by atoms with van der Waals surface area (Å²) in [5, 5.41) is 9.71. The van der Waals surface area contributed by atoms with E-state index in [1.165, 1.54) is 18.2 Å². The van der Waals surface area contributed by atoms with Gasteiger partial charge >= 0.3 is 0 Å². The number of aromatic hydroxyl groups is 1. The van der Waals surface area contributed by atoms with Crippen molar-refractivity contribution in [2.24, 2.45) is 0 Å². The molecule has 0 fully saturated rings. The van der Waals surface area contributed by atoms with Crippen LogP contribution in [0.3, 0.4) is 0 Å². The molecule has 0 spiro atoms. The Morgan fingerprint density at radius 2 is 1.88 bits per heavy atom. The van der Waals surface area contributed by atoms with Gasteiger partial charge in [-0.3, -0.25) is 0 Å². The van der Waals surface area contributed by atoms with Crippen LogP contribution in [0.1, 0.15) is 26.3 Å². The van der Waals surface area contributed by atoms with Crippen molar-refractivity contribution in [1.29, 1.82) is 0 Å². The van der Waals surface area contributed by atoms with Gasteiger partial charge in [-0.2, -0.15) is 0 Å². The lowest BCUT2D eigenvalue weighted by atomic mass is 10.2. The van der Waals surface area contributed by atoms with E-state index in [0.29, 0.717) is 5.56 Å². The maximum absolute atomic E-state index is 13.0. The molecule has 0 amide bonds. The van der Waals surface area contributed by atoms with Gasteiger partial charge in [0.05, 0.1) is 6.61 Å². The van der Waals surface area contributed by atoms with E-state index in [1.54, 1.807) is 0 Å². The van der Waals surface area contributed by atoms with Gasteiger partial charge in [-0.25, -0.2) is 4.39 Å². The summed E-state index contributed by atoms with van der Waals surface area (Å²) in [5.74, 6) is -0.262. The highest BCUT2D eigenvalue weighted by molar-refractivity contribution is 6.74. The highest BCUT2D eigenvalue weighted by Crippen LogP contribution is 2.37. The van der Waals surface area contributed by atoms with Crippen molar-refractivity contribution in [1.82, 2.24) is 0 Å². The molecular weight excluding hydrogens is 235 g/mol. The fraction of sp³-hybridized carbons (Fsp3) is 0.538. The molecule has 0 atom stereocenters. The highest BCUT2D eigenvalue weighted by atomic mass is 28.4. The van der Waals surface area contributed by atoms with Gasteiger partial charge in [0.2, 0.25) is 0 Å². The molecule has 2 nitrogen and oxygen atoms in total. The number of rotatable bonds is 3. The van der Waals surface area contributed by atoms with Crippen LogP contribution in [0.25, 0.3) is 0 Å². The molecular formula is C13H21FO2Si. The van der Waals surface area contributed by atoms with E-state index in [2.05, 4.69) is 33.9 Å². The Balaban J connectivity index is 2.77. The summed E-state index contributed by atoms with van der Waals surface area (Å²) < 4.78 is 19.0. The zero-order valence-corrected chi connectivity index (χ0v) is 12.2. The molecule has 0 bridgehead atoms. The summed E-state index contributed by atoms with van der Waals surface area (Å²) in [6, 6.07) is 3.92. The predicted molar refractivity (Wildman–Crippen MR) is 70.1 cm³/mol. The minimum atomic E-state index is -1.86. The van der Waals surface area contributed by atoms with Crippen molar-refractivity contribution in [3.05, 3.63) is 29.6 Å². The molecule has 17 heavy (non-hydrogen) atoms. The smallest absolute Gasteiger partial charge is 0.192 e. The first kappa shape index (κ1) is 14.2. The molecule has 1 aromatic carbocycles. The van der Waals surface area contributed by atoms with E-state index < -0.39 is 8.32 Å². The number of hydrogen-bond donors (Lipinski definition) is 1. The Morgan fingerprint density at radius 1 is 1.29 bits per heavy atom. The summed E-state index contributed by atoms with van der Waals surface area (Å²) in [4.78, 5) is 0. The van der Waals surface area contributed by atoms with Gasteiger partial charge in [0, 0.05) is 5.56 Å². The topological polar surface area (TPSA) is 29.5 Å². The molecule has 0 aliphatic carbocycles. The lowest BCUT2D eigenvalue weighted by molar-refractivity contribution is 0.270. The number of hydrogen-bond acceptors (Lipinski definition) is 2. The lowest BCUT2D eigenvalue weighted by Crippen LogP contribution is -2.40. The van der Waals surface area contributed by atoms with Crippen LogP contribution >= 0.6 is 0 Å². The van der Waals surface area contributed by atoms with Gasteiger partial charge in [-0.15, -0.1) is 0 Å². The molecule has 1 N–H and O–H groups in total. The first-order valence-corrected chi connectivity index (χ1v) is 8.66. The first-order chi connectivity index (χ1) is 7.63. The van der Waals surface area contributed by atoms with Gasteiger partial charge in [-0.05, 0) is 36.3 Å². The maximum atomic E-state index is 13.0. The quantitative estimate of drug-likeness (QED) is 0.827. The van der Waals surface area contributed by atoms with Crippen LogP contribution in [0.4, 0.5) is 4.39 Å². The van der Waals surface area contributed by atoms with E-state index in [1.807, 2.05) is 0 Å². The van der Waals surface area contributed by atoms with Crippen molar-refractivity contribution in [3.63, 3.8) is 0 Å². The average molecular weight is 256 g/mol. The summed E-state index contributed by atoms with van der Waals surface area (Å²) in [6.07, 6.45) is 0. The maximum Gasteiger partial charge on any atom is 0.192 e. The molecule has 0 saturated heterocycles. The third-order valence-electron chi connectivity index (χ3n) is 3.44. The second-order valence-corrected chi connectivity index (χ2v) is 10.6. The third-order valence-corrected chi connectivity index (χ3v) is 7.91. The third kappa shape index (κ3) is 3.54.